The molecule has 0 saturated heterocycles. The molecule has 24 heavy (non-hydrogen) atoms. The van der Waals surface area contributed by atoms with Crippen molar-refractivity contribution in [1.29, 1.82) is 0 Å². The summed E-state index contributed by atoms with van der Waals surface area (Å²) in [6, 6.07) is 12.4. The van der Waals surface area contributed by atoms with Gasteiger partial charge in [0.25, 0.3) is 5.91 Å². The summed E-state index contributed by atoms with van der Waals surface area (Å²) in [6.07, 6.45) is 0. The molecule has 0 atom stereocenters. The van der Waals surface area contributed by atoms with Gasteiger partial charge in [-0.1, -0.05) is 23.7 Å². The average molecular weight is 342 g/mol. The molecule has 4 rings (SSSR count). The van der Waals surface area contributed by atoms with Gasteiger partial charge in [0.1, 0.15) is 13.2 Å². The minimum atomic E-state index is -0.435. The number of aromatic nitrogens is 2. The molecule has 0 radical (unpaired) electrons. The monoisotopic (exact) mass is 341 g/mol. The zero-order chi connectivity index (χ0) is 16.5. The Hall–Kier alpha value is -2.86. The SMILES string of the molecule is O=C(Nc1ccc2c(c1)OCCO2)c1nc2ccccc2nc1Cl. The van der Waals surface area contributed by atoms with Crippen molar-refractivity contribution >= 4 is 34.2 Å². The zero-order valence-corrected chi connectivity index (χ0v) is 13.2. The summed E-state index contributed by atoms with van der Waals surface area (Å²) in [6.45, 7) is 0.993. The molecule has 1 aliphatic heterocycles. The maximum Gasteiger partial charge on any atom is 0.277 e. The number of ether oxygens (including phenoxy) is 2. The molecule has 120 valence electrons. The lowest BCUT2D eigenvalue weighted by molar-refractivity contribution is 0.102. The second kappa shape index (κ2) is 5.98. The summed E-state index contributed by atoms with van der Waals surface area (Å²) < 4.78 is 11.0. The molecule has 0 spiro atoms. The molecule has 7 heteroatoms. The Morgan fingerprint density at radius 1 is 1.00 bits per heavy atom. The van der Waals surface area contributed by atoms with Crippen LogP contribution in [0.1, 0.15) is 10.5 Å². The third kappa shape index (κ3) is 2.72. The standard InChI is InChI=1S/C17H12ClN3O3/c18-16-15(20-11-3-1-2-4-12(11)21-16)17(22)19-10-5-6-13-14(9-10)24-8-7-23-13/h1-6,9H,7-8H2,(H,19,22). The van der Waals surface area contributed by atoms with E-state index in [0.717, 1.165) is 0 Å². The van der Waals surface area contributed by atoms with E-state index in [0.29, 0.717) is 41.4 Å². The first-order chi connectivity index (χ1) is 11.7. The number of carbonyl (C=O) groups is 1. The van der Waals surface area contributed by atoms with Crippen LogP contribution in [0, 0.1) is 0 Å². The van der Waals surface area contributed by atoms with E-state index in [-0.39, 0.29) is 10.8 Å². The molecule has 2 heterocycles. The maximum absolute atomic E-state index is 12.5. The highest BCUT2D eigenvalue weighted by Gasteiger charge is 2.17. The summed E-state index contributed by atoms with van der Waals surface area (Å²) in [5.41, 5.74) is 1.88. The van der Waals surface area contributed by atoms with Crippen LogP contribution in [0.15, 0.2) is 42.5 Å². The highest BCUT2D eigenvalue weighted by molar-refractivity contribution is 6.33. The quantitative estimate of drug-likeness (QED) is 0.774. The number of fused-ring (bicyclic) bond motifs is 2. The van der Waals surface area contributed by atoms with E-state index in [4.69, 9.17) is 21.1 Å². The summed E-state index contributed by atoms with van der Waals surface area (Å²) in [5, 5.41) is 2.81. The number of hydrogen-bond acceptors (Lipinski definition) is 5. The molecular formula is C17H12ClN3O3. The molecule has 1 aromatic heterocycles. The second-order valence-corrected chi connectivity index (χ2v) is 5.52. The number of carbonyl (C=O) groups excluding carboxylic acids is 1. The number of amides is 1. The molecule has 3 aromatic rings. The molecule has 1 N–H and O–H groups in total. The highest BCUT2D eigenvalue weighted by Crippen LogP contribution is 2.32. The van der Waals surface area contributed by atoms with E-state index in [1.165, 1.54) is 0 Å². The predicted molar refractivity (Wildman–Crippen MR) is 89.9 cm³/mol. The predicted octanol–water partition coefficient (Wildman–Crippen LogP) is 3.31. The molecule has 0 unspecified atom stereocenters. The van der Waals surface area contributed by atoms with Gasteiger partial charge >= 0.3 is 0 Å². The minimum Gasteiger partial charge on any atom is -0.486 e. The number of nitrogens with zero attached hydrogens (tertiary/aromatic N) is 2. The molecule has 0 saturated carbocycles. The van der Waals surface area contributed by atoms with Crippen LogP contribution < -0.4 is 14.8 Å². The maximum atomic E-state index is 12.5. The average Bonchev–Trinajstić information content (AvgIpc) is 2.61. The number of hydrogen-bond donors (Lipinski definition) is 1. The van der Waals surface area contributed by atoms with E-state index >= 15 is 0 Å². The van der Waals surface area contributed by atoms with Gasteiger partial charge < -0.3 is 14.8 Å². The van der Waals surface area contributed by atoms with Crippen LogP contribution in [0.5, 0.6) is 11.5 Å². The zero-order valence-electron chi connectivity index (χ0n) is 12.5. The molecule has 6 nitrogen and oxygen atoms in total. The lowest BCUT2D eigenvalue weighted by Crippen LogP contribution is -2.17. The Labute approximate surface area is 142 Å². The van der Waals surface area contributed by atoms with Crippen molar-refractivity contribution in [3.63, 3.8) is 0 Å². The fourth-order valence-corrected chi connectivity index (χ4v) is 2.65. The third-order valence-electron chi connectivity index (χ3n) is 3.54. The number of halogens is 1. The largest absolute Gasteiger partial charge is 0.486 e. The normalized spacial score (nSPS) is 12.9. The number of para-hydroxylation sites is 2. The van der Waals surface area contributed by atoms with Crippen LogP contribution >= 0.6 is 11.6 Å². The Kier molecular flexibility index (Phi) is 3.66. The van der Waals surface area contributed by atoms with Gasteiger partial charge in [0.2, 0.25) is 0 Å². The lowest BCUT2D eigenvalue weighted by atomic mass is 10.2. The first-order valence-corrected chi connectivity index (χ1v) is 7.72. The van der Waals surface area contributed by atoms with Crippen molar-refractivity contribution in [3.05, 3.63) is 53.3 Å². The van der Waals surface area contributed by atoms with Gasteiger partial charge in [-0.05, 0) is 24.3 Å². The third-order valence-corrected chi connectivity index (χ3v) is 3.81. The van der Waals surface area contributed by atoms with Crippen LogP contribution in [0.2, 0.25) is 5.15 Å². The van der Waals surface area contributed by atoms with Crippen molar-refractivity contribution in [2.75, 3.05) is 18.5 Å². The smallest absolute Gasteiger partial charge is 0.277 e. The topological polar surface area (TPSA) is 73.3 Å². The summed E-state index contributed by atoms with van der Waals surface area (Å²) in [5.74, 6) is 0.812. The van der Waals surface area contributed by atoms with Crippen molar-refractivity contribution in [3.8, 4) is 11.5 Å². The molecule has 1 amide bonds. The fraction of sp³-hybridized carbons (Fsp3) is 0.118. The van der Waals surface area contributed by atoms with Gasteiger partial charge in [-0.25, -0.2) is 9.97 Å². The van der Waals surface area contributed by atoms with E-state index in [2.05, 4.69) is 15.3 Å². The van der Waals surface area contributed by atoms with E-state index < -0.39 is 5.91 Å². The number of anilines is 1. The summed E-state index contributed by atoms with van der Waals surface area (Å²) in [4.78, 5) is 21.0. The van der Waals surface area contributed by atoms with Gasteiger partial charge in [-0.2, -0.15) is 0 Å². The van der Waals surface area contributed by atoms with Gasteiger partial charge in [0, 0.05) is 11.8 Å². The van der Waals surface area contributed by atoms with Crippen LogP contribution in [0.3, 0.4) is 0 Å². The van der Waals surface area contributed by atoms with Crippen LogP contribution in [0.4, 0.5) is 5.69 Å². The second-order valence-electron chi connectivity index (χ2n) is 5.16. The molecule has 0 aliphatic carbocycles. The van der Waals surface area contributed by atoms with Gasteiger partial charge in [-0.3, -0.25) is 4.79 Å². The minimum absolute atomic E-state index is 0.0590. The van der Waals surface area contributed by atoms with Crippen molar-refractivity contribution in [2.24, 2.45) is 0 Å². The van der Waals surface area contributed by atoms with Crippen molar-refractivity contribution < 1.29 is 14.3 Å². The molecular weight excluding hydrogens is 330 g/mol. The number of nitrogens with one attached hydrogen (secondary N) is 1. The van der Waals surface area contributed by atoms with Gasteiger partial charge in [0.05, 0.1) is 11.0 Å². The van der Waals surface area contributed by atoms with Gasteiger partial charge in [0.15, 0.2) is 22.3 Å². The molecule has 2 aromatic carbocycles. The Balaban J connectivity index is 1.63. The van der Waals surface area contributed by atoms with Crippen molar-refractivity contribution in [1.82, 2.24) is 9.97 Å². The van der Waals surface area contributed by atoms with E-state index in [1.54, 1.807) is 30.3 Å². The highest BCUT2D eigenvalue weighted by atomic mass is 35.5. The number of rotatable bonds is 2. The van der Waals surface area contributed by atoms with Crippen LogP contribution in [-0.4, -0.2) is 29.1 Å². The summed E-state index contributed by atoms with van der Waals surface area (Å²) >= 11 is 6.10. The van der Waals surface area contributed by atoms with E-state index in [9.17, 15) is 4.79 Å². The Bertz CT molecular complexity index is 946. The Morgan fingerprint density at radius 2 is 1.71 bits per heavy atom. The Morgan fingerprint density at radius 3 is 2.50 bits per heavy atom. The number of benzene rings is 2. The van der Waals surface area contributed by atoms with Crippen molar-refractivity contribution in [2.45, 2.75) is 0 Å². The molecule has 1 aliphatic rings. The molecule has 0 bridgehead atoms. The van der Waals surface area contributed by atoms with Crippen LogP contribution in [-0.2, 0) is 0 Å². The first kappa shape index (κ1) is 14.7. The molecule has 0 fully saturated rings. The fourth-order valence-electron chi connectivity index (χ4n) is 2.43. The van der Waals surface area contributed by atoms with Crippen LogP contribution in [0.25, 0.3) is 11.0 Å². The summed E-state index contributed by atoms with van der Waals surface area (Å²) in [7, 11) is 0. The van der Waals surface area contributed by atoms with Gasteiger partial charge in [-0.15, -0.1) is 0 Å². The lowest BCUT2D eigenvalue weighted by Gasteiger charge is -2.19. The first-order valence-electron chi connectivity index (χ1n) is 7.34. The van der Waals surface area contributed by atoms with E-state index in [1.807, 2.05) is 12.1 Å².